The highest BCUT2D eigenvalue weighted by Gasteiger charge is 2.25. The van der Waals surface area contributed by atoms with Crippen LogP contribution in [0.4, 0.5) is 16.2 Å². The quantitative estimate of drug-likeness (QED) is 0.660. The number of nitro groups is 1. The number of hydrogen-bond acceptors (Lipinski definition) is 4. The molecule has 132 valence electrons. The molecule has 0 radical (unpaired) electrons. The topological polar surface area (TPSA) is 102 Å². The van der Waals surface area contributed by atoms with Gasteiger partial charge < -0.3 is 10.6 Å². The number of fused-ring (bicyclic) bond motifs is 1. The minimum Gasteiger partial charge on any atom is -0.331 e. The fraction of sp³-hybridized carbons (Fsp3) is 0.412. The van der Waals surface area contributed by atoms with Crippen LogP contribution >= 0.6 is 0 Å². The molecule has 0 unspecified atom stereocenters. The van der Waals surface area contributed by atoms with Crippen molar-refractivity contribution < 1.29 is 9.72 Å². The monoisotopic (exact) mass is 343 g/mol. The first-order valence-electron chi connectivity index (χ1n) is 8.21. The molecule has 0 spiro atoms. The van der Waals surface area contributed by atoms with Gasteiger partial charge in [0, 0.05) is 24.9 Å². The molecule has 8 heteroatoms. The van der Waals surface area contributed by atoms with E-state index in [2.05, 4.69) is 15.7 Å². The van der Waals surface area contributed by atoms with Gasteiger partial charge in [-0.15, -0.1) is 0 Å². The second-order valence-corrected chi connectivity index (χ2v) is 6.41. The summed E-state index contributed by atoms with van der Waals surface area (Å²) in [5.74, 6) is 0. The third-order valence-electron chi connectivity index (χ3n) is 4.60. The number of aromatic nitrogens is 2. The van der Waals surface area contributed by atoms with Crippen LogP contribution in [-0.2, 0) is 13.5 Å². The van der Waals surface area contributed by atoms with Crippen LogP contribution in [0.1, 0.15) is 41.3 Å². The Morgan fingerprint density at radius 2 is 2.16 bits per heavy atom. The number of carbonyl (C=O) groups is 1. The molecule has 1 atom stereocenters. The van der Waals surface area contributed by atoms with Crippen LogP contribution in [-0.4, -0.2) is 20.7 Å². The Morgan fingerprint density at radius 3 is 2.88 bits per heavy atom. The van der Waals surface area contributed by atoms with Crippen molar-refractivity contribution in [2.75, 3.05) is 5.32 Å². The van der Waals surface area contributed by atoms with Crippen molar-refractivity contribution in [1.82, 2.24) is 15.1 Å². The molecule has 3 rings (SSSR count). The molecule has 1 aromatic heterocycles. The largest absolute Gasteiger partial charge is 0.331 e. The van der Waals surface area contributed by atoms with Crippen molar-refractivity contribution in [2.24, 2.45) is 7.05 Å². The number of amides is 2. The summed E-state index contributed by atoms with van der Waals surface area (Å²) in [6.07, 6.45) is 4.66. The molecule has 1 heterocycles. The lowest BCUT2D eigenvalue weighted by molar-refractivity contribution is -0.385. The number of benzene rings is 1. The first-order valence-corrected chi connectivity index (χ1v) is 8.21. The summed E-state index contributed by atoms with van der Waals surface area (Å²) in [5.41, 5.74) is 3.76. The minimum absolute atomic E-state index is 0.00638. The molecule has 1 aliphatic carbocycles. The summed E-state index contributed by atoms with van der Waals surface area (Å²) in [7, 11) is 1.87. The van der Waals surface area contributed by atoms with E-state index in [9.17, 15) is 14.9 Å². The maximum Gasteiger partial charge on any atom is 0.319 e. The van der Waals surface area contributed by atoms with Crippen molar-refractivity contribution in [1.29, 1.82) is 0 Å². The van der Waals surface area contributed by atoms with Gasteiger partial charge in [-0.05, 0) is 38.7 Å². The van der Waals surface area contributed by atoms with Crippen LogP contribution in [0.3, 0.4) is 0 Å². The van der Waals surface area contributed by atoms with Crippen LogP contribution in [0.25, 0.3) is 0 Å². The van der Waals surface area contributed by atoms with Crippen molar-refractivity contribution in [3.05, 3.63) is 50.8 Å². The van der Waals surface area contributed by atoms with E-state index in [-0.39, 0.29) is 17.8 Å². The van der Waals surface area contributed by atoms with E-state index in [0.29, 0.717) is 11.3 Å². The zero-order valence-corrected chi connectivity index (χ0v) is 14.5. The standard InChI is InChI=1S/C17H21N5O3/c1-10-7-8-15(22(24)25)11(2)16(10)19-17(23)18-13-5-4-6-14-12(13)9-21(3)20-14/h7-9,13H,4-6H2,1-3H3,(H2,18,19,23)/t13-/m1/s1. The third kappa shape index (κ3) is 3.33. The van der Waals surface area contributed by atoms with E-state index in [1.807, 2.05) is 20.2 Å². The highest BCUT2D eigenvalue weighted by atomic mass is 16.6. The summed E-state index contributed by atoms with van der Waals surface area (Å²) < 4.78 is 1.76. The number of urea groups is 1. The molecule has 0 saturated carbocycles. The van der Waals surface area contributed by atoms with Gasteiger partial charge in [-0.3, -0.25) is 14.8 Å². The molecular formula is C17H21N5O3. The fourth-order valence-corrected chi connectivity index (χ4v) is 3.35. The van der Waals surface area contributed by atoms with E-state index in [0.717, 1.165) is 36.1 Å². The zero-order chi connectivity index (χ0) is 18.1. The second kappa shape index (κ2) is 6.54. The number of carbonyl (C=O) groups excluding carboxylic acids is 1. The van der Waals surface area contributed by atoms with E-state index in [1.54, 1.807) is 17.7 Å². The molecular weight excluding hydrogens is 322 g/mol. The summed E-state index contributed by atoms with van der Waals surface area (Å²) in [6, 6.07) is 2.63. The molecule has 25 heavy (non-hydrogen) atoms. The van der Waals surface area contributed by atoms with Gasteiger partial charge in [0.15, 0.2) is 0 Å². The Hall–Kier alpha value is -2.90. The lowest BCUT2D eigenvalue weighted by Gasteiger charge is -2.23. The number of nitrogens with zero attached hydrogens (tertiary/aromatic N) is 3. The molecule has 2 amide bonds. The summed E-state index contributed by atoms with van der Waals surface area (Å²) in [5, 5.41) is 21.3. The number of nitro benzene ring substituents is 1. The predicted octanol–water partition coefficient (Wildman–Crippen LogP) is 3.14. The molecule has 1 aliphatic rings. The SMILES string of the molecule is Cc1ccc([N+](=O)[O-])c(C)c1NC(=O)N[C@@H]1CCCc2nn(C)cc21. The molecule has 0 bridgehead atoms. The number of rotatable bonds is 3. The number of nitrogens with one attached hydrogen (secondary N) is 2. The maximum absolute atomic E-state index is 12.5. The molecule has 2 aromatic rings. The summed E-state index contributed by atoms with van der Waals surface area (Å²) >= 11 is 0. The van der Waals surface area contributed by atoms with Crippen LogP contribution in [0.5, 0.6) is 0 Å². The minimum atomic E-state index is -0.444. The Bertz CT molecular complexity index is 843. The van der Waals surface area contributed by atoms with Gasteiger partial charge in [0.05, 0.1) is 27.9 Å². The summed E-state index contributed by atoms with van der Waals surface area (Å²) in [4.78, 5) is 23.1. The number of anilines is 1. The van der Waals surface area contributed by atoms with Crippen molar-refractivity contribution in [2.45, 2.75) is 39.2 Å². The van der Waals surface area contributed by atoms with Gasteiger partial charge in [0.2, 0.25) is 0 Å². The average Bonchev–Trinajstić information content (AvgIpc) is 2.92. The Balaban J connectivity index is 1.78. The molecule has 0 fully saturated rings. The molecule has 0 saturated heterocycles. The van der Waals surface area contributed by atoms with Gasteiger partial charge >= 0.3 is 6.03 Å². The van der Waals surface area contributed by atoms with Crippen molar-refractivity contribution >= 4 is 17.4 Å². The number of hydrogen-bond donors (Lipinski definition) is 2. The van der Waals surface area contributed by atoms with Gasteiger partial charge in [0.25, 0.3) is 5.69 Å². The van der Waals surface area contributed by atoms with E-state index in [4.69, 9.17) is 0 Å². The second-order valence-electron chi connectivity index (χ2n) is 6.41. The first-order chi connectivity index (χ1) is 11.9. The maximum atomic E-state index is 12.5. The van der Waals surface area contributed by atoms with Crippen LogP contribution in [0, 0.1) is 24.0 Å². The van der Waals surface area contributed by atoms with Crippen molar-refractivity contribution in [3.8, 4) is 0 Å². The Morgan fingerprint density at radius 1 is 1.40 bits per heavy atom. The molecule has 2 N–H and O–H groups in total. The Kier molecular flexibility index (Phi) is 4.43. The van der Waals surface area contributed by atoms with Gasteiger partial charge in [-0.25, -0.2) is 4.79 Å². The molecule has 1 aromatic carbocycles. The predicted molar refractivity (Wildman–Crippen MR) is 93.6 cm³/mol. The highest BCUT2D eigenvalue weighted by molar-refractivity contribution is 5.92. The zero-order valence-electron chi connectivity index (χ0n) is 14.5. The lowest BCUT2D eigenvalue weighted by Crippen LogP contribution is -2.34. The van der Waals surface area contributed by atoms with E-state index < -0.39 is 4.92 Å². The van der Waals surface area contributed by atoms with Gasteiger partial charge in [-0.2, -0.15) is 5.10 Å². The molecule has 0 aliphatic heterocycles. The van der Waals surface area contributed by atoms with E-state index >= 15 is 0 Å². The highest BCUT2D eigenvalue weighted by Crippen LogP contribution is 2.30. The summed E-state index contributed by atoms with van der Waals surface area (Å²) in [6.45, 7) is 3.45. The van der Waals surface area contributed by atoms with Gasteiger partial charge in [0.1, 0.15) is 0 Å². The first kappa shape index (κ1) is 16.9. The van der Waals surface area contributed by atoms with Crippen molar-refractivity contribution in [3.63, 3.8) is 0 Å². The average molecular weight is 343 g/mol. The normalized spacial score (nSPS) is 16.2. The Labute approximate surface area is 145 Å². The fourth-order valence-electron chi connectivity index (χ4n) is 3.35. The lowest BCUT2D eigenvalue weighted by atomic mass is 9.93. The van der Waals surface area contributed by atoms with E-state index in [1.165, 1.54) is 6.07 Å². The van der Waals surface area contributed by atoms with Crippen LogP contribution < -0.4 is 10.6 Å². The van der Waals surface area contributed by atoms with Gasteiger partial charge in [-0.1, -0.05) is 6.07 Å². The molecule has 8 nitrogen and oxygen atoms in total. The van der Waals surface area contributed by atoms with Crippen LogP contribution in [0.15, 0.2) is 18.3 Å². The van der Waals surface area contributed by atoms with Crippen LogP contribution in [0.2, 0.25) is 0 Å². The third-order valence-corrected chi connectivity index (χ3v) is 4.60. The smallest absolute Gasteiger partial charge is 0.319 e. The number of aryl methyl sites for hydroxylation is 3.